The second kappa shape index (κ2) is 7.23. The van der Waals surface area contributed by atoms with Crippen LogP contribution in [0.25, 0.3) is 0 Å². The summed E-state index contributed by atoms with van der Waals surface area (Å²) in [7, 11) is 0. The number of rotatable bonds is 7. The Bertz CT molecular complexity index is 214. The minimum atomic E-state index is -1.16. The van der Waals surface area contributed by atoms with Crippen LogP contribution in [0.5, 0.6) is 0 Å². The number of carboxylic acids is 1. The van der Waals surface area contributed by atoms with Crippen LogP contribution >= 0.6 is 0 Å². The van der Waals surface area contributed by atoms with Gasteiger partial charge >= 0.3 is 11.9 Å². The maximum atomic E-state index is 11.1. The number of carbonyl (C=O) groups excluding carboxylic acids is 1. The number of aliphatic carboxylic acids is 1. The predicted octanol–water partition coefficient (Wildman–Crippen LogP) is 0.801. The molecule has 0 aliphatic heterocycles. The molecule has 0 saturated carbocycles. The number of ether oxygens (including phenoxy) is 1. The number of aliphatic hydroxyl groups is 1. The molecule has 0 bridgehead atoms. The largest absolute Gasteiger partial charge is 0.481 e. The molecule has 2 unspecified atom stereocenters. The Morgan fingerprint density at radius 2 is 1.93 bits per heavy atom. The highest BCUT2D eigenvalue weighted by molar-refractivity contribution is 5.79. The van der Waals surface area contributed by atoms with Gasteiger partial charge in [-0.1, -0.05) is 13.3 Å². The van der Waals surface area contributed by atoms with Gasteiger partial charge in [-0.3, -0.25) is 9.59 Å². The Kier molecular flexibility index (Phi) is 6.70. The zero-order valence-electron chi connectivity index (χ0n) is 9.10. The van der Waals surface area contributed by atoms with Crippen LogP contribution in [-0.2, 0) is 14.3 Å². The summed E-state index contributed by atoms with van der Waals surface area (Å²) in [6.45, 7) is 3.71. The van der Waals surface area contributed by atoms with Gasteiger partial charge in [-0.2, -0.15) is 0 Å². The first kappa shape index (κ1) is 13.9. The maximum absolute atomic E-state index is 11.1. The average Bonchev–Trinajstić information content (AvgIpc) is 2.14. The molecule has 2 atom stereocenters. The molecule has 0 spiro atoms. The van der Waals surface area contributed by atoms with Gasteiger partial charge in [0.25, 0.3) is 0 Å². The van der Waals surface area contributed by atoms with Crippen molar-refractivity contribution in [3.05, 3.63) is 0 Å². The van der Waals surface area contributed by atoms with E-state index in [0.717, 1.165) is 0 Å². The van der Waals surface area contributed by atoms with E-state index in [-0.39, 0.29) is 13.0 Å². The fourth-order valence-electron chi connectivity index (χ4n) is 1.28. The van der Waals surface area contributed by atoms with Crippen LogP contribution in [0.1, 0.15) is 33.1 Å². The lowest BCUT2D eigenvalue weighted by Gasteiger charge is -2.17. The molecule has 2 N–H and O–H groups in total. The van der Waals surface area contributed by atoms with Crippen LogP contribution in [-0.4, -0.2) is 34.9 Å². The lowest BCUT2D eigenvalue weighted by Crippen LogP contribution is -2.30. The molecule has 0 amide bonds. The van der Waals surface area contributed by atoms with Gasteiger partial charge in [0, 0.05) is 0 Å². The first-order valence-electron chi connectivity index (χ1n) is 5.09. The second-order valence-electron chi connectivity index (χ2n) is 3.31. The average molecular weight is 218 g/mol. The van der Waals surface area contributed by atoms with E-state index in [0.29, 0.717) is 12.8 Å². The predicted molar refractivity (Wildman–Crippen MR) is 53.3 cm³/mol. The van der Waals surface area contributed by atoms with Gasteiger partial charge in [-0.15, -0.1) is 0 Å². The van der Waals surface area contributed by atoms with Crippen LogP contribution in [0.4, 0.5) is 0 Å². The van der Waals surface area contributed by atoms with Crippen LogP contribution in [0, 0.1) is 5.92 Å². The van der Waals surface area contributed by atoms with Crippen LogP contribution < -0.4 is 0 Å². The molecule has 0 saturated heterocycles. The lowest BCUT2D eigenvalue weighted by molar-refractivity contribution is -0.155. The van der Waals surface area contributed by atoms with Crippen molar-refractivity contribution < 1.29 is 24.5 Å². The van der Waals surface area contributed by atoms with Gasteiger partial charge in [0.1, 0.15) is 0 Å². The second-order valence-corrected chi connectivity index (χ2v) is 3.31. The van der Waals surface area contributed by atoms with Crippen LogP contribution in [0.15, 0.2) is 0 Å². The fourth-order valence-corrected chi connectivity index (χ4v) is 1.28. The lowest BCUT2D eigenvalue weighted by atomic mass is 9.95. The zero-order valence-corrected chi connectivity index (χ0v) is 9.10. The summed E-state index contributed by atoms with van der Waals surface area (Å²) in [5.41, 5.74) is 0. The third-order valence-corrected chi connectivity index (χ3v) is 2.06. The molecule has 0 aliphatic carbocycles. The number of carboxylic acid groups (broad SMARTS) is 1. The summed E-state index contributed by atoms with van der Waals surface area (Å²) in [4.78, 5) is 21.9. The molecule has 0 aromatic rings. The Morgan fingerprint density at radius 3 is 2.33 bits per heavy atom. The quantitative estimate of drug-likeness (QED) is 0.617. The summed E-state index contributed by atoms with van der Waals surface area (Å²) >= 11 is 0. The molecular formula is C10H18O5. The number of hydrogen-bond acceptors (Lipinski definition) is 4. The van der Waals surface area contributed by atoms with Crippen LogP contribution in [0.2, 0.25) is 0 Å². The molecule has 0 heterocycles. The Hall–Kier alpha value is -1.10. The highest BCUT2D eigenvalue weighted by Gasteiger charge is 2.28. The Balaban J connectivity index is 4.27. The number of esters is 1. The highest BCUT2D eigenvalue weighted by atomic mass is 16.5. The van der Waals surface area contributed by atoms with Crippen molar-refractivity contribution in [3.63, 3.8) is 0 Å². The first-order chi connectivity index (χ1) is 7.02. The van der Waals surface area contributed by atoms with E-state index in [1.807, 2.05) is 6.92 Å². The molecule has 0 aliphatic rings. The standard InChI is InChI=1S/C10H18O5/c1-3-5-8(11)7(10(13)14)6-9(12)15-4-2/h7-8,11H,3-6H2,1-2H3,(H,13,14). The topological polar surface area (TPSA) is 83.8 Å². The van der Waals surface area contributed by atoms with E-state index in [9.17, 15) is 14.7 Å². The van der Waals surface area contributed by atoms with Gasteiger partial charge in [-0.05, 0) is 13.3 Å². The summed E-state index contributed by atoms with van der Waals surface area (Å²) < 4.78 is 4.64. The summed E-state index contributed by atoms with van der Waals surface area (Å²) in [5, 5.41) is 18.3. The SMILES string of the molecule is CCCC(O)C(CC(=O)OCC)C(=O)O. The minimum absolute atomic E-state index is 0.217. The fraction of sp³-hybridized carbons (Fsp3) is 0.800. The van der Waals surface area contributed by atoms with Gasteiger partial charge in [0.2, 0.25) is 0 Å². The third-order valence-electron chi connectivity index (χ3n) is 2.06. The van der Waals surface area contributed by atoms with E-state index in [2.05, 4.69) is 4.74 Å². The van der Waals surface area contributed by atoms with Gasteiger partial charge in [-0.25, -0.2) is 0 Å². The van der Waals surface area contributed by atoms with Crippen molar-refractivity contribution in [2.75, 3.05) is 6.61 Å². The van der Waals surface area contributed by atoms with Crippen molar-refractivity contribution in [1.82, 2.24) is 0 Å². The molecular weight excluding hydrogens is 200 g/mol. The minimum Gasteiger partial charge on any atom is -0.481 e. The molecule has 0 aromatic heterocycles. The molecule has 0 rings (SSSR count). The summed E-state index contributed by atoms with van der Waals surface area (Å²) in [6, 6.07) is 0. The van der Waals surface area contributed by atoms with Gasteiger partial charge in [0.15, 0.2) is 0 Å². The van der Waals surface area contributed by atoms with E-state index in [1.165, 1.54) is 0 Å². The number of carbonyl (C=O) groups is 2. The summed E-state index contributed by atoms with van der Waals surface area (Å²) in [5.74, 6) is -2.81. The Labute approximate surface area is 89.0 Å². The highest BCUT2D eigenvalue weighted by Crippen LogP contribution is 2.15. The summed E-state index contributed by atoms with van der Waals surface area (Å²) in [6.07, 6.45) is -0.217. The molecule has 0 aromatic carbocycles. The maximum Gasteiger partial charge on any atom is 0.309 e. The van der Waals surface area contributed by atoms with E-state index < -0.39 is 24.0 Å². The van der Waals surface area contributed by atoms with Crippen molar-refractivity contribution >= 4 is 11.9 Å². The molecule has 15 heavy (non-hydrogen) atoms. The normalized spacial score (nSPS) is 14.3. The Morgan fingerprint density at radius 1 is 1.33 bits per heavy atom. The van der Waals surface area contributed by atoms with Crippen LogP contribution in [0.3, 0.4) is 0 Å². The molecule has 5 nitrogen and oxygen atoms in total. The zero-order chi connectivity index (χ0) is 11.8. The monoisotopic (exact) mass is 218 g/mol. The van der Waals surface area contributed by atoms with Crippen molar-refractivity contribution in [3.8, 4) is 0 Å². The third kappa shape index (κ3) is 5.37. The molecule has 5 heteroatoms. The van der Waals surface area contributed by atoms with E-state index in [1.54, 1.807) is 6.92 Å². The molecule has 88 valence electrons. The number of hydrogen-bond donors (Lipinski definition) is 2. The number of aliphatic hydroxyl groups excluding tert-OH is 1. The molecule has 0 radical (unpaired) electrons. The van der Waals surface area contributed by atoms with Crippen molar-refractivity contribution in [2.24, 2.45) is 5.92 Å². The smallest absolute Gasteiger partial charge is 0.309 e. The first-order valence-corrected chi connectivity index (χ1v) is 5.09. The van der Waals surface area contributed by atoms with Crippen molar-refractivity contribution in [2.45, 2.75) is 39.2 Å². The van der Waals surface area contributed by atoms with Crippen molar-refractivity contribution in [1.29, 1.82) is 0 Å². The van der Waals surface area contributed by atoms with Gasteiger partial charge < -0.3 is 14.9 Å². The van der Waals surface area contributed by atoms with E-state index >= 15 is 0 Å². The van der Waals surface area contributed by atoms with E-state index in [4.69, 9.17) is 5.11 Å². The molecule has 0 fully saturated rings. The van der Waals surface area contributed by atoms with Gasteiger partial charge in [0.05, 0.1) is 25.0 Å².